The molecular formula is C34H36N2O6. The van der Waals surface area contributed by atoms with Crippen LogP contribution in [0.4, 0.5) is 0 Å². The van der Waals surface area contributed by atoms with Gasteiger partial charge in [0.15, 0.2) is 0 Å². The third kappa shape index (κ3) is 8.10. The monoisotopic (exact) mass is 568 g/mol. The highest BCUT2D eigenvalue weighted by atomic mass is 16.5. The molecule has 0 spiro atoms. The largest absolute Gasteiger partial charge is 0.490 e. The van der Waals surface area contributed by atoms with E-state index in [0.717, 1.165) is 11.1 Å². The molecule has 0 bridgehead atoms. The highest BCUT2D eigenvalue weighted by molar-refractivity contribution is 6.00. The van der Waals surface area contributed by atoms with Gasteiger partial charge in [-0.05, 0) is 48.2 Å². The van der Waals surface area contributed by atoms with E-state index in [9.17, 15) is 14.4 Å². The predicted molar refractivity (Wildman–Crippen MR) is 160 cm³/mol. The van der Waals surface area contributed by atoms with Gasteiger partial charge in [-0.1, -0.05) is 79.9 Å². The van der Waals surface area contributed by atoms with E-state index in [0.29, 0.717) is 43.1 Å². The molecule has 0 unspecified atom stereocenters. The van der Waals surface area contributed by atoms with Gasteiger partial charge in [-0.25, -0.2) is 4.79 Å². The Hall–Kier alpha value is -4.85. The molecule has 42 heavy (non-hydrogen) atoms. The molecule has 1 aliphatic rings. The summed E-state index contributed by atoms with van der Waals surface area (Å²) in [4.78, 5) is 42.0. The maximum Gasteiger partial charge on any atom is 0.329 e. The van der Waals surface area contributed by atoms with Gasteiger partial charge in [0.1, 0.15) is 43.4 Å². The molecule has 1 saturated heterocycles. The maximum atomic E-state index is 13.6. The molecule has 2 amide bonds. The number of rotatable bonds is 14. The summed E-state index contributed by atoms with van der Waals surface area (Å²) in [5, 5.41) is 2.88. The average molecular weight is 569 g/mol. The van der Waals surface area contributed by atoms with Gasteiger partial charge < -0.3 is 24.4 Å². The molecule has 0 aliphatic carbocycles. The van der Waals surface area contributed by atoms with E-state index in [1.54, 1.807) is 53.5 Å². The molecule has 0 aromatic heterocycles. The Labute approximate surface area is 246 Å². The number of hydrogen-bond acceptors (Lipinski definition) is 6. The van der Waals surface area contributed by atoms with Crippen LogP contribution in [0.15, 0.2) is 104 Å². The number of amides is 2. The predicted octanol–water partition coefficient (Wildman–Crippen LogP) is 4.89. The van der Waals surface area contributed by atoms with Crippen LogP contribution in [0.5, 0.6) is 11.5 Å². The number of ether oxygens (including phenoxy) is 3. The summed E-state index contributed by atoms with van der Waals surface area (Å²) in [5.74, 6) is -0.165. The van der Waals surface area contributed by atoms with Crippen LogP contribution in [-0.2, 0) is 27.4 Å². The van der Waals surface area contributed by atoms with Gasteiger partial charge in [-0.3, -0.25) is 9.59 Å². The number of carbonyl (C=O) groups excluding carboxylic acids is 3. The fourth-order valence-corrected chi connectivity index (χ4v) is 4.76. The van der Waals surface area contributed by atoms with Crippen molar-refractivity contribution in [3.63, 3.8) is 0 Å². The first-order valence-electron chi connectivity index (χ1n) is 14.0. The smallest absolute Gasteiger partial charge is 0.329 e. The van der Waals surface area contributed by atoms with Gasteiger partial charge in [-0.15, -0.1) is 0 Å². The van der Waals surface area contributed by atoms with E-state index < -0.39 is 24.0 Å². The van der Waals surface area contributed by atoms with E-state index >= 15 is 0 Å². The Kier molecular flexibility index (Phi) is 10.9. The molecule has 1 heterocycles. The molecule has 1 aliphatic heterocycles. The van der Waals surface area contributed by atoms with Crippen LogP contribution in [0.25, 0.3) is 0 Å². The van der Waals surface area contributed by atoms with Crippen molar-refractivity contribution in [2.45, 2.75) is 38.0 Å². The van der Waals surface area contributed by atoms with Gasteiger partial charge in [0.2, 0.25) is 5.91 Å². The fraction of sp³-hybridized carbons (Fsp3) is 0.265. The summed E-state index contributed by atoms with van der Waals surface area (Å²) >= 11 is 0. The molecule has 8 heteroatoms. The van der Waals surface area contributed by atoms with Gasteiger partial charge in [0, 0.05) is 13.0 Å². The van der Waals surface area contributed by atoms with E-state index in [2.05, 4.69) is 18.5 Å². The van der Waals surface area contributed by atoms with Gasteiger partial charge in [0.25, 0.3) is 5.91 Å². The third-order valence-electron chi connectivity index (χ3n) is 6.85. The summed E-state index contributed by atoms with van der Waals surface area (Å²) < 4.78 is 16.8. The molecule has 2 atom stereocenters. The van der Waals surface area contributed by atoms with E-state index in [4.69, 9.17) is 14.2 Å². The highest BCUT2D eigenvalue weighted by Gasteiger charge is 2.37. The van der Waals surface area contributed by atoms with Crippen molar-refractivity contribution in [3.8, 4) is 11.5 Å². The summed E-state index contributed by atoms with van der Waals surface area (Å²) in [6, 6.07) is 21.9. The van der Waals surface area contributed by atoms with Crippen molar-refractivity contribution in [3.05, 3.63) is 121 Å². The second-order valence-electron chi connectivity index (χ2n) is 9.85. The zero-order chi connectivity index (χ0) is 29.7. The molecule has 8 nitrogen and oxygen atoms in total. The van der Waals surface area contributed by atoms with Crippen LogP contribution in [0.3, 0.4) is 0 Å². The summed E-state index contributed by atoms with van der Waals surface area (Å²) in [6.45, 7) is 8.44. The molecule has 1 fully saturated rings. The molecule has 4 rings (SSSR count). The van der Waals surface area contributed by atoms with Crippen molar-refractivity contribution in [2.24, 2.45) is 0 Å². The normalized spacial score (nSPS) is 14.9. The summed E-state index contributed by atoms with van der Waals surface area (Å²) in [7, 11) is 0. The zero-order valence-electron chi connectivity index (χ0n) is 23.6. The molecular weight excluding hydrogens is 532 g/mol. The molecule has 218 valence electrons. The number of para-hydroxylation sites is 1. The van der Waals surface area contributed by atoms with Gasteiger partial charge in [-0.2, -0.15) is 0 Å². The van der Waals surface area contributed by atoms with E-state index in [1.807, 2.05) is 42.5 Å². The van der Waals surface area contributed by atoms with E-state index in [-0.39, 0.29) is 25.5 Å². The highest BCUT2D eigenvalue weighted by Crippen LogP contribution is 2.26. The summed E-state index contributed by atoms with van der Waals surface area (Å²) in [6.07, 6.45) is 4.61. The topological polar surface area (TPSA) is 94.2 Å². The number of likely N-dealkylation sites (tertiary alicyclic amines) is 1. The fourth-order valence-electron chi connectivity index (χ4n) is 4.76. The zero-order valence-corrected chi connectivity index (χ0v) is 23.6. The van der Waals surface area contributed by atoms with Crippen molar-refractivity contribution < 1.29 is 28.6 Å². The lowest BCUT2D eigenvalue weighted by atomic mass is 10.0. The van der Waals surface area contributed by atoms with Crippen LogP contribution < -0.4 is 14.8 Å². The number of benzene rings is 3. The second-order valence-corrected chi connectivity index (χ2v) is 9.85. The Morgan fingerprint density at radius 2 is 1.57 bits per heavy atom. The lowest BCUT2D eigenvalue weighted by Gasteiger charge is -2.27. The lowest BCUT2D eigenvalue weighted by Crippen LogP contribution is -2.51. The Bertz CT molecular complexity index is 1370. The second kappa shape index (κ2) is 15.2. The number of nitrogens with one attached hydrogen (secondary N) is 1. The van der Waals surface area contributed by atoms with Gasteiger partial charge >= 0.3 is 5.97 Å². The Morgan fingerprint density at radius 3 is 2.31 bits per heavy atom. The van der Waals surface area contributed by atoms with Crippen LogP contribution in [-0.4, -0.2) is 54.5 Å². The Balaban J connectivity index is 1.49. The van der Waals surface area contributed by atoms with Crippen LogP contribution >= 0.6 is 0 Å². The first kappa shape index (κ1) is 30.1. The van der Waals surface area contributed by atoms with Crippen molar-refractivity contribution in [1.29, 1.82) is 0 Å². The van der Waals surface area contributed by atoms with Gasteiger partial charge in [0.05, 0.1) is 5.56 Å². The van der Waals surface area contributed by atoms with Crippen molar-refractivity contribution >= 4 is 17.8 Å². The molecule has 1 N–H and O–H groups in total. The van der Waals surface area contributed by atoms with Crippen LogP contribution in [0.1, 0.15) is 34.3 Å². The standard InChI is InChI=1S/C34H36N2O6/c1-3-21-40-27-18-16-25(17-19-27)23-29(34(39)42-24-26-11-6-5-7-12-26)35-32(37)30-14-10-20-36(30)33(38)28-13-8-9-15-31(28)41-22-4-2/h3-9,11-13,15-19,29-30H,1-2,10,14,20-24H2,(H,35,37)/t29-,30-/m0/s1. The number of carbonyl (C=O) groups is 3. The molecule has 0 radical (unpaired) electrons. The summed E-state index contributed by atoms with van der Waals surface area (Å²) in [5.41, 5.74) is 2.02. The van der Waals surface area contributed by atoms with Crippen LogP contribution in [0.2, 0.25) is 0 Å². The van der Waals surface area contributed by atoms with Crippen molar-refractivity contribution in [2.75, 3.05) is 19.8 Å². The first-order chi connectivity index (χ1) is 20.5. The van der Waals surface area contributed by atoms with E-state index in [1.165, 1.54) is 0 Å². The molecule has 0 saturated carbocycles. The third-order valence-corrected chi connectivity index (χ3v) is 6.85. The minimum absolute atomic E-state index is 0.0793. The number of hydrogen-bond donors (Lipinski definition) is 1. The minimum atomic E-state index is -0.957. The SMILES string of the molecule is C=CCOc1ccc(C[C@H](NC(=O)[C@@H]2CCCN2C(=O)c2ccccc2OCC=C)C(=O)OCc2ccccc2)cc1. The number of nitrogens with zero attached hydrogens (tertiary/aromatic N) is 1. The Morgan fingerprint density at radius 1 is 0.881 bits per heavy atom. The minimum Gasteiger partial charge on any atom is -0.490 e. The maximum absolute atomic E-state index is 13.6. The average Bonchev–Trinajstić information content (AvgIpc) is 3.52. The number of esters is 1. The quantitative estimate of drug-likeness (QED) is 0.220. The van der Waals surface area contributed by atoms with Crippen molar-refractivity contribution in [1.82, 2.24) is 10.2 Å². The first-order valence-corrected chi connectivity index (χ1v) is 14.0. The molecule has 3 aromatic rings. The van der Waals surface area contributed by atoms with Crippen LogP contribution in [0, 0.1) is 0 Å². The molecule has 3 aromatic carbocycles. The lowest BCUT2D eigenvalue weighted by molar-refractivity contribution is -0.149.